The van der Waals surface area contributed by atoms with Crippen molar-refractivity contribution in [3.63, 3.8) is 0 Å². The lowest BCUT2D eigenvalue weighted by Crippen LogP contribution is -2.49. The van der Waals surface area contributed by atoms with Crippen molar-refractivity contribution in [2.45, 2.75) is 25.1 Å². The normalized spacial score (nSPS) is 15.7. The van der Waals surface area contributed by atoms with Crippen LogP contribution in [0.25, 0.3) is 0 Å². The summed E-state index contributed by atoms with van der Waals surface area (Å²) in [5, 5.41) is 8.52. The highest BCUT2D eigenvalue weighted by Gasteiger charge is 2.32. The molecule has 0 spiro atoms. The maximum Gasteiger partial charge on any atom is 0.573 e. The van der Waals surface area contributed by atoms with Crippen molar-refractivity contribution in [2.75, 3.05) is 49.1 Å². The number of benzene rings is 1. The van der Waals surface area contributed by atoms with Crippen LogP contribution in [0.5, 0.6) is 5.75 Å². The summed E-state index contributed by atoms with van der Waals surface area (Å²) in [5.74, 6) is 0.984. The first kappa shape index (κ1) is 23.1. The Kier molecular flexibility index (Phi) is 6.90. The topological polar surface area (TPSA) is 78.9 Å². The van der Waals surface area contributed by atoms with Crippen molar-refractivity contribution in [1.29, 1.82) is 0 Å². The average molecular weight is 459 g/mol. The fourth-order valence-corrected chi connectivity index (χ4v) is 4.75. The number of nitrogens with zero attached hydrogens (tertiary/aromatic N) is 5. The molecule has 0 radical (unpaired) electrons. The van der Waals surface area contributed by atoms with E-state index in [9.17, 15) is 21.6 Å². The van der Waals surface area contributed by atoms with E-state index in [1.54, 1.807) is 0 Å². The van der Waals surface area contributed by atoms with Gasteiger partial charge in [0, 0.05) is 39.3 Å². The molecule has 12 heteroatoms. The monoisotopic (exact) mass is 459 g/mol. The minimum atomic E-state index is -4.83. The molecule has 1 aromatic heterocycles. The van der Waals surface area contributed by atoms with Gasteiger partial charge in [-0.2, -0.15) is 4.31 Å². The van der Waals surface area contributed by atoms with Crippen LogP contribution >= 0.6 is 0 Å². The molecule has 0 unspecified atom stereocenters. The molecule has 2 heterocycles. The molecule has 1 aliphatic rings. The first-order valence-corrected chi connectivity index (χ1v) is 11.3. The van der Waals surface area contributed by atoms with Crippen LogP contribution < -0.4 is 14.5 Å². The molecule has 0 amide bonds. The van der Waals surface area contributed by atoms with Crippen molar-refractivity contribution in [1.82, 2.24) is 14.5 Å². The first-order chi connectivity index (χ1) is 14.6. The predicted octanol–water partition coefficient (Wildman–Crippen LogP) is 2.73. The lowest BCUT2D eigenvalue weighted by atomic mass is 10.3. The lowest BCUT2D eigenvalue weighted by molar-refractivity contribution is -0.274. The van der Waals surface area contributed by atoms with E-state index in [0.717, 1.165) is 43.2 Å². The van der Waals surface area contributed by atoms with Gasteiger partial charge in [0.15, 0.2) is 11.6 Å². The molecule has 3 rings (SSSR count). The molecule has 0 N–H and O–H groups in total. The van der Waals surface area contributed by atoms with E-state index in [1.807, 2.05) is 30.9 Å². The third-order valence-corrected chi connectivity index (χ3v) is 6.89. The largest absolute Gasteiger partial charge is 0.573 e. The van der Waals surface area contributed by atoms with Gasteiger partial charge >= 0.3 is 6.36 Å². The predicted molar refractivity (Wildman–Crippen MR) is 110 cm³/mol. The van der Waals surface area contributed by atoms with Gasteiger partial charge in [-0.1, -0.05) is 0 Å². The first-order valence-electron chi connectivity index (χ1n) is 9.83. The van der Waals surface area contributed by atoms with Crippen molar-refractivity contribution in [3.8, 4) is 5.75 Å². The maximum absolute atomic E-state index is 12.8. The fraction of sp³-hybridized carbons (Fsp3) is 0.474. The molecule has 0 aliphatic carbocycles. The van der Waals surface area contributed by atoms with E-state index in [2.05, 4.69) is 19.8 Å². The van der Waals surface area contributed by atoms with Gasteiger partial charge in [0.1, 0.15) is 5.75 Å². The van der Waals surface area contributed by atoms with Crippen LogP contribution in [0.1, 0.15) is 13.8 Å². The van der Waals surface area contributed by atoms with Crippen molar-refractivity contribution < 1.29 is 26.3 Å². The molecule has 31 heavy (non-hydrogen) atoms. The number of halogens is 3. The van der Waals surface area contributed by atoms with Gasteiger partial charge in [0.25, 0.3) is 0 Å². The van der Waals surface area contributed by atoms with Crippen LogP contribution in [0.4, 0.5) is 24.8 Å². The SMILES string of the molecule is CCN(CC)c1ccc(N2CCN(S(=O)(=O)c3ccc(OC(F)(F)F)cc3)CC2)nn1. The molecule has 1 aliphatic heterocycles. The molecule has 2 aromatic rings. The number of piperazine rings is 1. The molecule has 1 fully saturated rings. The third kappa shape index (κ3) is 5.56. The number of ether oxygens (including phenoxy) is 1. The quantitative estimate of drug-likeness (QED) is 0.630. The van der Waals surface area contributed by atoms with Gasteiger partial charge in [-0.25, -0.2) is 8.42 Å². The summed E-state index contributed by atoms with van der Waals surface area (Å²) in [6.45, 7) is 7.02. The second-order valence-electron chi connectivity index (χ2n) is 6.83. The van der Waals surface area contributed by atoms with E-state index < -0.39 is 22.1 Å². The van der Waals surface area contributed by atoms with Crippen molar-refractivity contribution in [3.05, 3.63) is 36.4 Å². The third-order valence-electron chi connectivity index (χ3n) is 4.98. The second kappa shape index (κ2) is 9.27. The Bertz CT molecular complexity index is 957. The Morgan fingerprint density at radius 3 is 2.06 bits per heavy atom. The van der Waals surface area contributed by atoms with E-state index >= 15 is 0 Å². The highest BCUT2D eigenvalue weighted by molar-refractivity contribution is 7.89. The smallest absolute Gasteiger partial charge is 0.406 e. The zero-order valence-electron chi connectivity index (χ0n) is 17.2. The van der Waals surface area contributed by atoms with Crippen LogP contribution in [0, 0.1) is 0 Å². The molecular formula is C19H24F3N5O3S. The van der Waals surface area contributed by atoms with E-state index in [0.29, 0.717) is 18.9 Å². The fourth-order valence-electron chi connectivity index (χ4n) is 3.32. The van der Waals surface area contributed by atoms with E-state index in [-0.39, 0.29) is 18.0 Å². The summed E-state index contributed by atoms with van der Waals surface area (Å²) < 4.78 is 67.6. The molecule has 1 saturated heterocycles. The van der Waals surface area contributed by atoms with Crippen LogP contribution in [0.2, 0.25) is 0 Å². The Balaban J connectivity index is 1.63. The van der Waals surface area contributed by atoms with Crippen LogP contribution in [-0.2, 0) is 10.0 Å². The Morgan fingerprint density at radius 1 is 0.968 bits per heavy atom. The molecule has 170 valence electrons. The lowest BCUT2D eigenvalue weighted by Gasteiger charge is -2.34. The maximum atomic E-state index is 12.8. The summed E-state index contributed by atoms with van der Waals surface area (Å²) in [4.78, 5) is 3.94. The van der Waals surface area contributed by atoms with Gasteiger partial charge in [0.05, 0.1) is 4.90 Å². The molecular weight excluding hydrogens is 435 g/mol. The number of aromatic nitrogens is 2. The molecule has 0 atom stereocenters. The van der Waals surface area contributed by atoms with Crippen molar-refractivity contribution >= 4 is 21.7 Å². The van der Waals surface area contributed by atoms with Crippen LogP contribution in [0.3, 0.4) is 0 Å². The molecule has 0 bridgehead atoms. The summed E-state index contributed by atoms with van der Waals surface area (Å²) >= 11 is 0. The number of hydrogen-bond acceptors (Lipinski definition) is 7. The van der Waals surface area contributed by atoms with Crippen molar-refractivity contribution in [2.24, 2.45) is 0 Å². The molecule has 8 nitrogen and oxygen atoms in total. The van der Waals surface area contributed by atoms with Gasteiger partial charge in [-0.15, -0.1) is 23.4 Å². The zero-order chi connectivity index (χ0) is 22.6. The minimum absolute atomic E-state index is 0.0844. The Morgan fingerprint density at radius 2 is 1.58 bits per heavy atom. The minimum Gasteiger partial charge on any atom is -0.406 e. The number of sulfonamides is 1. The highest BCUT2D eigenvalue weighted by atomic mass is 32.2. The van der Waals surface area contributed by atoms with Crippen LogP contribution in [-0.4, -0.2) is 68.6 Å². The Labute approximate surface area is 179 Å². The summed E-state index contributed by atoms with van der Waals surface area (Å²) in [7, 11) is -3.83. The summed E-state index contributed by atoms with van der Waals surface area (Å²) in [6.07, 6.45) is -4.83. The highest BCUT2D eigenvalue weighted by Crippen LogP contribution is 2.26. The number of anilines is 2. The summed E-state index contributed by atoms with van der Waals surface area (Å²) in [6, 6.07) is 7.96. The molecule has 1 aromatic carbocycles. The Hall–Kier alpha value is -2.60. The number of rotatable bonds is 7. The van der Waals surface area contributed by atoms with E-state index in [4.69, 9.17) is 0 Å². The standard InChI is InChI=1S/C19H24F3N5O3S/c1-3-25(4-2)17-9-10-18(24-23-17)26-11-13-27(14-12-26)31(28,29)16-7-5-15(6-8-16)30-19(20,21)22/h5-10H,3-4,11-14H2,1-2H3. The van der Waals surface area contributed by atoms with Gasteiger partial charge in [-0.3, -0.25) is 0 Å². The van der Waals surface area contributed by atoms with Crippen LogP contribution in [0.15, 0.2) is 41.3 Å². The zero-order valence-corrected chi connectivity index (χ0v) is 18.0. The van der Waals surface area contributed by atoms with Gasteiger partial charge in [0.2, 0.25) is 10.0 Å². The summed E-state index contributed by atoms with van der Waals surface area (Å²) in [5.41, 5.74) is 0. The average Bonchev–Trinajstić information content (AvgIpc) is 2.74. The van der Waals surface area contributed by atoms with Gasteiger partial charge in [-0.05, 0) is 50.2 Å². The number of hydrogen-bond donors (Lipinski definition) is 0. The van der Waals surface area contributed by atoms with E-state index in [1.165, 1.54) is 4.31 Å². The molecule has 0 saturated carbocycles. The second-order valence-corrected chi connectivity index (χ2v) is 8.77. The van der Waals surface area contributed by atoms with Gasteiger partial charge < -0.3 is 14.5 Å². The number of alkyl halides is 3.